The van der Waals surface area contributed by atoms with Gasteiger partial charge < -0.3 is 4.74 Å². The van der Waals surface area contributed by atoms with Gasteiger partial charge in [-0.1, -0.05) is 30.3 Å². The van der Waals surface area contributed by atoms with Crippen molar-refractivity contribution in [3.63, 3.8) is 0 Å². The summed E-state index contributed by atoms with van der Waals surface area (Å²) in [5, 5.41) is 0. The standard InChI is InChI=1S/C18H23NO4/c1-18(2,3)23-17(22)19-10-9-14(20)12-15(19)16(21)11-13-7-5-4-6-8-13/h4-8,15H,9-12H2,1-3H3/t15-/m1/s1. The summed E-state index contributed by atoms with van der Waals surface area (Å²) in [6.45, 7) is 5.57. The van der Waals surface area contributed by atoms with Crippen LogP contribution in [0.3, 0.4) is 0 Å². The molecule has 0 bridgehead atoms. The Bertz CT molecular complexity index is 589. The average molecular weight is 317 g/mol. The first kappa shape index (κ1) is 17.2. The zero-order valence-corrected chi connectivity index (χ0v) is 13.9. The number of ketones is 2. The van der Waals surface area contributed by atoms with Gasteiger partial charge in [-0.05, 0) is 26.3 Å². The predicted molar refractivity (Wildman–Crippen MR) is 86.1 cm³/mol. The van der Waals surface area contributed by atoms with E-state index < -0.39 is 17.7 Å². The summed E-state index contributed by atoms with van der Waals surface area (Å²) in [7, 11) is 0. The third-order valence-corrected chi connectivity index (χ3v) is 3.65. The molecule has 0 N–H and O–H groups in total. The average Bonchev–Trinajstić information content (AvgIpc) is 2.46. The minimum atomic E-state index is -0.730. The molecule has 1 atom stereocenters. The topological polar surface area (TPSA) is 63.7 Å². The Labute approximate surface area is 136 Å². The highest BCUT2D eigenvalue weighted by atomic mass is 16.6. The van der Waals surface area contributed by atoms with Gasteiger partial charge in [0.2, 0.25) is 0 Å². The molecule has 1 aromatic carbocycles. The first-order valence-corrected chi connectivity index (χ1v) is 7.84. The van der Waals surface area contributed by atoms with Gasteiger partial charge in [0.1, 0.15) is 17.4 Å². The van der Waals surface area contributed by atoms with Crippen molar-refractivity contribution in [3.8, 4) is 0 Å². The normalized spacial score (nSPS) is 18.7. The van der Waals surface area contributed by atoms with Crippen molar-refractivity contribution >= 4 is 17.7 Å². The van der Waals surface area contributed by atoms with E-state index in [2.05, 4.69) is 0 Å². The lowest BCUT2D eigenvalue weighted by Crippen LogP contribution is -2.52. The molecule has 0 radical (unpaired) electrons. The molecule has 0 aromatic heterocycles. The second-order valence-corrected chi connectivity index (χ2v) is 6.81. The maximum atomic E-state index is 12.6. The molecule has 5 heteroatoms. The van der Waals surface area contributed by atoms with E-state index in [1.54, 1.807) is 20.8 Å². The number of carbonyl (C=O) groups excluding carboxylic acids is 3. The Morgan fingerprint density at radius 1 is 1.22 bits per heavy atom. The van der Waals surface area contributed by atoms with Crippen LogP contribution in [0.15, 0.2) is 30.3 Å². The van der Waals surface area contributed by atoms with Crippen LogP contribution >= 0.6 is 0 Å². The number of rotatable bonds is 3. The number of amides is 1. The van der Waals surface area contributed by atoms with Crippen LogP contribution in [-0.2, 0) is 20.7 Å². The number of hydrogen-bond acceptors (Lipinski definition) is 4. The summed E-state index contributed by atoms with van der Waals surface area (Å²) in [6, 6.07) is 8.60. The van der Waals surface area contributed by atoms with Crippen molar-refractivity contribution in [2.45, 2.75) is 51.7 Å². The molecule has 0 aliphatic carbocycles. The highest BCUT2D eigenvalue weighted by molar-refractivity contribution is 5.95. The molecule has 0 saturated carbocycles. The lowest BCUT2D eigenvalue weighted by molar-refractivity contribution is -0.132. The van der Waals surface area contributed by atoms with Gasteiger partial charge in [0.15, 0.2) is 5.78 Å². The van der Waals surface area contributed by atoms with Gasteiger partial charge in [-0.25, -0.2) is 4.79 Å². The number of Topliss-reactive ketones (excluding diaryl/α,β-unsaturated/α-hetero) is 2. The number of nitrogens with zero attached hydrogens (tertiary/aromatic N) is 1. The van der Waals surface area contributed by atoms with Crippen LogP contribution in [-0.4, -0.2) is 40.7 Å². The van der Waals surface area contributed by atoms with Crippen LogP contribution in [0.4, 0.5) is 4.79 Å². The first-order valence-electron chi connectivity index (χ1n) is 7.84. The van der Waals surface area contributed by atoms with Crippen LogP contribution in [0, 0.1) is 0 Å². The molecular weight excluding hydrogens is 294 g/mol. The van der Waals surface area contributed by atoms with Crippen molar-refractivity contribution in [2.24, 2.45) is 0 Å². The lowest BCUT2D eigenvalue weighted by Gasteiger charge is -2.35. The van der Waals surface area contributed by atoms with Crippen molar-refractivity contribution in [2.75, 3.05) is 6.54 Å². The molecular formula is C18H23NO4. The zero-order chi connectivity index (χ0) is 17.0. The van der Waals surface area contributed by atoms with E-state index in [-0.39, 0.29) is 37.4 Å². The monoisotopic (exact) mass is 317 g/mol. The fourth-order valence-electron chi connectivity index (χ4n) is 2.57. The van der Waals surface area contributed by atoms with E-state index in [4.69, 9.17) is 4.74 Å². The summed E-state index contributed by atoms with van der Waals surface area (Å²) >= 11 is 0. The van der Waals surface area contributed by atoms with Crippen molar-refractivity contribution in [1.82, 2.24) is 4.90 Å². The second kappa shape index (κ2) is 6.94. The zero-order valence-electron chi connectivity index (χ0n) is 13.9. The van der Waals surface area contributed by atoms with Gasteiger partial charge in [0, 0.05) is 25.8 Å². The minimum absolute atomic E-state index is 0.0104. The molecule has 2 rings (SSSR count). The maximum absolute atomic E-state index is 12.6. The molecule has 124 valence electrons. The molecule has 5 nitrogen and oxygen atoms in total. The number of hydrogen-bond donors (Lipinski definition) is 0. The van der Waals surface area contributed by atoms with Crippen molar-refractivity contribution < 1.29 is 19.1 Å². The van der Waals surface area contributed by atoms with E-state index in [9.17, 15) is 14.4 Å². The summed E-state index contributed by atoms with van der Waals surface area (Å²) in [6.07, 6.45) is 0.0218. The first-order chi connectivity index (χ1) is 10.8. The van der Waals surface area contributed by atoms with Gasteiger partial charge in [0.25, 0.3) is 0 Å². The second-order valence-electron chi connectivity index (χ2n) is 6.81. The highest BCUT2D eigenvalue weighted by Gasteiger charge is 2.37. The fourth-order valence-corrected chi connectivity index (χ4v) is 2.57. The van der Waals surface area contributed by atoms with Crippen LogP contribution < -0.4 is 0 Å². The summed E-state index contributed by atoms with van der Waals surface area (Å²) < 4.78 is 5.37. The summed E-state index contributed by atoms with van der Waals surface area (Å²) in [4.78, 5) is 38.1. The Balaban J connectivity index is 2.12. The van der Waals surface area contributed by atoms with E-state index >= 15 is 0 Å². The number of piperidine rings is 1. The summed E-state index contributed by atoms with van der Waals surface area (Å²) in [5.74, 6) is -0.119. The molecule has 1 aliphatic rings. The Morgan fingerprint density at radius 2 is 1.87 bits per heavy atom. The van der Waals surface area contributed by atoms with Gasteiger partial charge in [0.05, 0.1) is 0 Å². The third-order valence-electron chi connectivity index (χ3n) is 3.65. The number of benzene rings is 1. The van der Waals surface area contributed by atoms with Crippen LogP contribution in [0.25, 0.3) is 0 Å². The van der Waals surface area contributed by atoms with E-state index in [0.29, 0.717) is 0 Å². The van der Waals surface area contributed by atoms with Gasteiger partial charge in [-0.15, -0.1) is 0 Å². The van der Waals surface area contributed by atoms with E-state index in [0.717, 1.165) is 5.56 Å². The molecule has 1 aromatic rings. The van der Waals surface area contributed by atoms with E-state index in [1.165, 1.54) is 4.90 Å². The molecule has 1 fully saturated rings. The van der Waals surface area contributed by atoms with Crippen molar-refractivity contribution in [1.29, 1.82) is 0 Å². The van der Waals surface area contributed by atoms with Gasteiger partial charge >= 0.3 is 6.09 Å². The van der Waals surface area contributed by atoms with Gasteiger partial charge in [-0.3, -0.25) is 14.5 Å². The van der Waals surface area contributed by atoms with E-state index in [1.807, 2.05) is 30.3 Å². The Morgan fingerprint density at radius 3 is 2.48 bits per heavy atom. The molecule has 1 saturated heterocycles. The third kappa shape index (κ3) is 4.91. The Kier molecular flexibility index (Phi) is 5.19. The number of likely N-dealkylation sites (tertiary alicyclic amines) is 1. The quantitative estimate of drug-likeness (QED) is 0.860. The van der Waals surface area contributed by atoms with Crippen LogP contribution in [0.1, 0.15) is 39.2 Å². The predicted octanol–water partition coefficient (Wildman–Crippen LogP) is 2.77. The lowest BCUT2D eigenvalue weighted by atomic mass is 9.94. The smallest absolute Gasteiger partial charge is 0.410 e. The molecule has 23 heavy (non-hydrogen) atoms. The SMILES string of the molecule is CC(C)(C)OC(=O)N1CCC(=O)C[C@@H]1C(=O)Cc1ccccc1. The molecule has 0 spiro atoms. The number of carbonyl (C=O) groups is 3. The molecule has 1 aliphatic heterocycles. The van der Waals surface area contributed by atoms with Crippen LogP contribution in [0.5, 0.6) is 0 Å². The maximum Gasteiger partial charge on any atom is 0.410 e. The van der Waals surface area contributed by atoms with Gasteiger partial charge in [-0.2, -0.15) is 0 Å². The highest BCUT2D eigenvalue weighted by Crippen LogP contribution is 2.20. The van der Waals surface area contributed by atoms with Crippen molar-refractivity contribution in [3.05, 3.63) is 35.9 Å². The number of ether oxygens (including phenoxy) is 1. The Hall–Kier alpha value is -2.17. The molecule has 1 amide bonds. The molecule has 0 unspecified atom stereocenters. The fraction of sp³-hybridized carbons (Fsp3) is 0.500. The largest absolute Gasteiger partial charge is 0.444 e. The minimum Gasteiger partial charge on any atom is -0.444 e. The van der Waals surface area contributed by atoms with Crippen LogP contribution in [0.2, 0.25) is 0 Å². The molecule has 1 heterocycles. The summed E-state index contributed by atoms with van der Waals surface area (Å²) in [5.41, 5.74) is 0.241.